The largest absolute Gasteiger partial charge is 0.454 e. The summed E-state index contributed by atoms with van der Waals surface area (Å²) in [5, 5.41) is 2.66. The van der Waals surface area contributed by atoms with Crippen LogP contribution in [0.25, 0.3) is 0 Å². The molecule has 3 amide bonds. The van der Waals surface area contributed by atoms with Gasteiger partial charge < -0.3 is 10.1 Å². The minimum absolute atomic E-state index is 0.282. The summed E-state index contributed by atoms with van der Waals surface area (Å²) < 4.78 is 4.86. The molecule has 0 spiro atoms. The third kappa shape index (κ3) is 4.30. The number of esters is 1. The van der Waals surface area contributed by atoms with Crippen molar-refractivity contribution in [2.24, 2.45) is 11.8 Å². The molecule has 2 aliphatic rings. The summed E-state index contributed by atoms with van der Waals surface area (Å²) >= 11 is 0. The fourth-order valence-corrected chi connectivity index (χ4v) is 3.16. The molecule has 23 heavy (non-hydrogen) atoms. The number of nitrogens with one attached hydrogen (secondary N) is 1. The van der Waals surface area contributed by atoms with Crippen LogP contribution in [-0.4, -0.2) is 47.3 Å². The highest BCUT2D eigenvalue weighted by molar-refractivity contribution is 6.07. The zero-order valence-electron chi connectivity index (χ0n) is 13.9. The van der Waals surface area contributed by atoms with E-state index < -0.39 is 30.6 Å². The minimum Gasteiger partial charge on any atom is -0.454 e. The Hall–Kier alpha value is -1.92. The van der Waals surface area contributed by atoms with Gasteiger partial charge in [0.2, 0.25) is 11.8 Å². The zero-order chi connectivity index (χ0) is 17.2. The predicted octanol–water partition coefficient (Wildman–Crippen LogP) is 0.619. The van der Waals surface area contributed by atoms with Crippen LogP contribution in [0.1, 0.15) is 46.5 Å². The van der Waals surface area contributed by atoms with E-state index in [1.165, 1.54) is 0 Å². The SMILES string of the molecule is CC(C)(C)NC(=O)COC(=O)CN1C(=O)[C@@H]2CCCC[C@H]2C1=O. The van der Waals surface area contributed by atoms with Gasteiger partial charge in [0.25, 0.3) is 5.91 Å². The van der Waals surface area contributed by atoms with Crippen LogP contribution in [0.5, 0.6) is 0 Å². The lowest BCUT2D eigenvalue weighted by Crippen LogP contribution is -2.43. The molecule has 0 unspecified atom stereocenters. The lowest BCUT2D eigenvalue weighted by Gasteiger charge is -2.20. The molecule has 1 saturated heterocycles. The van der Waals surface area contributed by atoms with Crippen molar-refractivity contribution < 1.29 is 23.9 Å². The van der Waals surface area contributed by atoms with Crippen LogP contribution in [0.15, 0.2) is 0 Å². The molecule has 1 N–H and O–H groups in total. The molecule has 0 bridgehead atoms. The van der Waals surface area contributed by atoms with Crippen molar-refractivity contribution in [1.82, 2.24) is 10.2 Å². The quantitative estimate of drug-likeness (QED) is 0.604. The number of amides is 3. The second-order valence-electron chi connectivity index (χ2n) is 7.22. The van der Waals surface area contributed by atoms with Gasteiger partial charge >= 0.3 is 5.97 Å². The average Bonchev–Trinajstić information content (AvgIpc) is 2.69. The van der Waals surface area contributed by atoms with Crippen molar-refractivity contribution in [1.29, 1.82) is 0 Å². The minimum atomic E-state index is -0.741. The summed E-state index contributed by atoms with van der Waals surface area (Å²) in [6, 6.07) is 0. The number of carbonyl (C=O) groups is 4. The number of hydrogen-bond donors (Lipinski definition) is 1. The summed E-state index contributed by atoms with van der Waals surface area (Å²) in [5.41, 5.74) is -0.417. The van der Waals surface area contributed by atoms with Crippen molar-refractivity contribution >= 4 is 23.7 Å². The molecule has 1 aliphatic heterocycles. The van der Waals surface area contributed by atoms with Crippen molar-refractivity contribution in [3.05, 3.63) is 0 Å². The number of ether oxygens (including phenoxy) is 1. The molecule has 0 aromatic rings. The van der Waals surface area contributed by atoms with E-state index in [9.17, 15) is 19.2 Å². The van der Waals surface area contributed by atoms with Gasteiger partial charge in [-0.15, -0.1) is 0 Å². The van der Waals surface area contributed by atoms with E-state index in [0.717, 1.165) is 17.7 Å². The van der Waals surface area contributed by atoms with E-state index in [0.29, 0.717) is 12.8 Å². The Morgan fingerprint density at radius 2 is 1.65 bits per heavy atom. The Bertz CT molecular complexity index is 499. The van der Waals surface area contributed by atoms with Gasteiger partial charge in [0.15, 0.2) is 6.61 Å². The Morgan fingerprint density at radius 3 is 2.13 bits per heavy atom. The van der Waals surface area contributed by atoms with Crippen molar-refractivity contribution in [2.45, 2.75) is 52.0 Å². The molecule has 1 heterocycles. The highest BCUT2D eigenvalue weighted by Gasteiger charge is 2.48. The molecule has 2 atom stereocenters. The molecule has 1 saturated carbocycles. The monoisotopic (exact) mass is 324 g/mol. The highest BCUT2D eigenvalue weighted by atomic mass is 16.5. The molecular formula is C16H24N2O5. The second-order valence-corrected chi connectivity index (χ2v) is 7.22. The molecule has 2 rings (SSSR count). The third-order valence-corrected chi connectivity index (χ3v) is 4.10. The van der Waals surface area contributed by atoms with Crippen LogP contribution in [0, 0.1) is 11.8 Å². The topological polar surface area (TPSA) is 92.8 Å². The molecule has 0 aromatic heterocycles. The maximum absolute atomic E-state index is 12.2. The van der Waals surface area contributed by atoms with Crippen LogP contribution in [0.2, 0.25) is 0 Å². The van der Waals surface area contributed by atoms with Gasteiger partial charge in [-0.2, -0.15) is 0 Å². The Balaban J connectivity index is 1.84. The molecule has 0 radical (unpaired) electrons. The maximum Gasteiger partial charge on any atom is 0.326 e. The van der Waals surface area contributed by atoms with E-state index >= 15 is 0 Å². The second kappa shape index (κ2) is 6.68. The van der Waals surface area contributed by atoms with Crippen LogP contribution < -0.4 is 5.32 Å². The van der Waals surface area contributed by atoms with Crippen LogP contribution in [0.3, 0.4) is 0 Å². The fourth-order valence-electron chi connectivity index (χ4n) is 3.16. The summed E-state index contributed by atoms with van der Waals surface area (Å²) in [6.07, 6.45) is 3.28. The summed E-state index contributed by atoms with van der Waals surface area (Å²) in [5.74, 6) is -2.29. The van der Waals surface area contributed by atoms with Gasteiger partial charge in [0, 0.05) is 5.54 Å². The maximum atomic E-state index is 12.2. The highest BCUT2D eigenvalue weighted by Crippen LogP contribution is 2.37. The van der Waals surface area contributed by atoms with E-state index in [1.54, 1.807) is 0 Å². The van der Waals surface area contributed by atoms with Crippen LogP contribution in [0.4, 0.5) is 0 Å². The average molecular weight is 324 g/mol. The number of fused-ring (bicyclic) bond motifs is 1. The molecular weight excluding hydrogens is 300 g/mol. The van der Waals surface area contributed by atoms with E-state index in [4.69, 9.17) is 4.74 Å². The third-order valence-electron chi connectivity index (χ3n) is 4.10. The Morgan fingerprint density at radius 1 is 1.13 bits per heavy atom. The standard InChI is InChI=1S/C16H24N2O5/c1-16(2,3)17-12(19)9-23-13(20)8-18-14(21)10-6-4-5-7-11(10)15(18)22/h10-11H,4-9H2,1-3H3,(H,17,19)/t10-,11-/m1/s1. The number of hydrogen-bond acceptors (Lipinski definition) is 5. The van der Waals surface area contributed by atoms with Gasteiger partial charge in [-0.1, -0.05) is 12.8 Å². The number of carbonyl (C=O) groups excluding carboxylic acids is 4. The molecule has 128 valence electrons. The molecule has 2 fully saturated rings. The van der Waals surface area contributed by atoms with Gasteiger partial charge in [-0.3, -0.25) is 24.1 Å². The Labute approximate surface area is 135 Å². The molecule has 1 aliphatic carbocycles. The van der Waals surface area contributed by atoms with Crippen molar-refractivity contribution in [3.63, 3.8) is 0 Å². The smallest absolute Gasteiger partial charge is 0.326 e. The number of nitrogens with zero attached hydrogens (tertiary/aromatic N) is 1. The lowest BCUT2D eigenvalue weighted by molar-refractivity contribution is -0.155. The molecule has 7 nitrogen and oxygen atoms in total. The number of imide groups is 1. The summed E-state index contributed by atoms with van der Waals surface area (Å²) in [7, 11) is 0. The van der Waals surface area contributed by atoms with Crippen LogP contribution in [-0.2, 0) is 23.9 Å². The summed E-state index contributed by atoms with van der Waals surface area (Å²) in [6.45, 7) is 4.62. The van der Waals surface area contributed by atoms with E-state index in [1.807, 2.05) is 20.8 Å². The van der Waals surface area contributed by atoms with Crippen molar-refractivity contribution in [2.75, 3.05) is 13.2 Å². The first-order valence-corrected chi connectivity index (χ1v) is 8.01. The van der Waals surface area contributed by atoms with Gasteiger partial charge in [-0.05, 0) is 33.6 Å². The molecule has 7 heteroatoms. The van der Waals surface area contributed by atoms with E-state index in [-0.39, 0.29) is 23.7 Å². The number of rotatable bonds is 4. The first kappa shape index (κ1) is 17.4. The molecule has 0 aromatic carbocycles. The first-order chi connectivity index (χ1) is 10.7. The summed E-state index contributed by atoms with van der Waals surface area (Å²) in [4.78, 5) is 48.9. The lowest BCUT2D eigenvalue weighted by atomic mass is 9.81. The van der Waals surface area contributed by atoms with E-state index in [2.05, 4.69) is 5.32 Å². The Kier molecular flexibility index (Phi) is 5.06. The van der Waals surface area contributed by atoms with Gasteiger partial charge in [0.05, 0.1) is 11.8 Å². The number of likely N-dealkylation sites (tertiary alicyclic amines) is 1. The first-order valence-electron chi connectivity index (χ1n) is 8.01. The fraction of sp³-hybridized carbons (Fsp3) is 0.750. The normalized spacial score (nSPS) is 24.4. The van der Waals surface area contributed by atoms with Gasteiger partial charge in [-0.25, -0.2) is 0 Å². The van der Waals surface area contributed by atoms with Gasteiger partial charge in [0.1, 0.15) is 6.54 Å². The zero-order valence-corrected chi connectivity index (χ0v) is 13.9. The predicted molar refractivity (Wildman–Crippen MR) is 81.0 cm³/mol. The van der Waals surface area contributed by atoms with Crippen molar-refractivity contribution in [3.8, 4) is 0 Å². The van der Waals surface area contributed by atoms with Crippen LogP contribution >= 0.6 is 0 Å².